The zero-order valence-electron chi connectivity index (χ0n) is 12.6. The first-order valence-corrected chi connectivity index (χ1v) is 7.85. The lowest BCUT2D eigenvalue weighted by Gasteiger charge is -2.08. The van der Waals surface area contributed by atoms with E-state index >= 15 is 0 Å². The Morgan fingerprint density at radius 1 is 1.17 bits per heavy atom. The van der Waals surface area contributed by atoms with Crippen LogP contribution in [-0.4, -0.2) is 12.6 Å². The highest BCUT2D eigenvalue weighted by Gasteiger charge is 2.03. The molecule has 0 radical (unpaired) electrons. The average molecular weight is 351 g/mol. The summed E-state index contributed by atoms with van der Waals surface area (Å²) in [6, 6.07) is 12.7. The van der Waals surface area contributed by atoms with Gasteiger partial charge in [0.1, 0.15) is 12.4 Å². The summed E-state index contributed by atoms with van der Waals surface area (Å²) in [4.78, 5) is 11.3. The third kappa shape index (κ3) is 5.62. The SMILES string of the molecule is CCOC(=O)/C=C/c1cccc(OCc2ccc(Cl)cc2Cl)c1. The van der Waals surface area contributed by atoms with Gasteiger partial charge in [-0.1, -0.05) is 41.4 Å². The maximum absolute atomic E-state index is 11.3. The molecule has 120 valence electrons. The first kappa shape index (κ1) is 17.4. The lowest BCUT2D eigenvalue weighted by molar-refractivity contribution is -0.137. The predicted molar refractivity (Wildman–Crippen MR) is 92.9 cm³/mol. The minimum Gasteiger partial charge on any atom is -0.489 e. The summed E-state index contributed by atoms with van der Waals surface area (Å²) in [6.07, 6.45) is 3.07. The second-order valence-corrected chi connectivity index (χ2v) is 5.53. The van der Waals surface area contributed by atoms with Crippen LogP contribution in [0.15, 0.2) is 48.5 Å². The number of carbonyl (C=O) groups is 1. The van der Waals surface area contributed by atoms with Gasteiger partial charge >= 0.3 is 5.97 Å². The van der Waals surface area contributed by atoms with E-state index in [4.69, 9.17) is 32.7 Å². The topological polar surface area (TPSA) is 35.5 Å². The summed E-state index contributed by atoms with van der Waals surface area (Å²) in [5, 5.41) is 1.15. The molecule has 2 aromatic rings. The number of carbonyl (C=O) groups excluding carboxylic acids is 1. The molecule has 0 bridgehead atoms. The first-order valence-electron chi connectivity index (χ1n) is 7.10. The quantitative estimate of drug-likeness (QED) is 0.533. The third-order valence-corrected chi connectivity index (χ3v) is 3.55. The van der Waals surface area contributed by atoms with Gasteiger partial charge in [0.2, 0.25) is 0 Å². The minimum absolute atomic E-state index is 0.334. The number of halogens is 2. The lowest BCUT2D eigenvalue weighted by atomic mass is 10.2. The Morgan fingerprint density at radius 3 is 2.74 bits per heavy atom. The van der Waals surface area contributed by atoms with Gasteiger partial charge < -0.3 is 9.47 Å². The molecule has 0 unspecified atom stereocenters. The van der Waals surface area contributed by atoms with Gasteiger partial charge in [0.15, 0.2) is 0 Å². The van der Waals surface area contributed by atoms with Crippen molar-refractivity contribution in [2.24, 2.45) is 0 Å². The zero-order chi connectivity index (χ0) is 16.7. The molecule has 5 heteroatoms. The van der Waals surface area contributed by atoms with Gasteiger partial charge in [0.05, 0.1) is 6.61 Å². The van der Waals surface area contributed by atoms with Gasteiger partial charge in [-0.25, -0.2) is 4.79 Å². The van der Waals surface area contributed by atoms with Crippen LogP contribution in [0.2, 0.25) is 10.0 Å². The van der Waals surface area contributed by atoms with Crippen LogP contribution in [0.25, 0.3) is 6.08 Å². The molecule has 0 aromatic heterocycles. The van der Waals surface area contributed by atoms with Gasteiger partial charge in [0, 0.05) is 21.7 Å². The summed E-state index contributed by atoms with van der Waals surface area (Å²) in [7, 11) is 0. The summed E-state index contributed by atoms with van der Waals surface area (Å²) in [6.45, 7) is 2.46. The van der Waals surface area contributed by atoms with Gasteiger partial charge in [-0.15, -0.1) is 0 Å². The number of benzene rings is 2. The molecule has 0 atom stereocenters. The van der Waals surface area contributed by atoms with Crippen molar-refractivity contribution in [2.75, 3.05) is 6.61 Å². The molecule has 0 fully saturated rings. The van der Waals surface area contributed by atoms with Crippen molar-refractivity contribution in [1.82, 2.24) is 0 Å². The second kappa shape index (κ2) is 8.61. The Hall–Kier alpha value is -1.97. The maximum Gasteiger partial charge on any atom is 0.330 e. The van der Waals surface area contributed by atoms with E-state index < -0.39 is 0 Å². The fourth-order valence-electron chi connectivity index (χ4n) is 1.86. The summed E-state index contributed by atoms with van der Waals surface area (Å²) < 4.78 is 10.6. The van der Waals surface area contributed by atoms with Crippen molar-refractivity contribution in [3.8, 4) is 5.75 Å². The Balaban J connectivity index is 2.01. The van der Waals surface area contributed by atoms with E-state index in [1.54, 1.807) is 25.1 Å². The molecule has 0 N–H and O–H groups in total. The number of esters is 1. The third-order valence-electron chi connectivity index (χ3n) is 2.97. The van der Waals surface area contributed by atoms with Crippen LogP contribution >= 0.6 is 23.2 Å². The van der Waals surface area contributed by atoms with Crippen LogP contribution in [0.3, 0.4) is 0 Å². The van der Waals surface area contributed by atoms with Gasteiger partial charge in [0.25, 0.3) is 0 Å². The van der Waals surface area contributed by atoms with Crippen LogP contribution in [0.4, 0.5) is 0 Å². The van der Waals surface area contributed by atoms with Crippen molar-refractivity contribution in [3.05, 3.63) is 69.7 Å². The van der Waals surface area contributed by atoms with Crippen molar-refractivity contribution >= 4 is 35.2 Å². The monoisotopic (exact) mass is 350 g/mol. The molecular formula is C18H16Cl2O3. The molecule has 0 saturated carbocycles. The molecule has 0 aliphatic carbocycles. The number of hydrogen-bond donors (Lipinski definition) is 0. The van der Waals surface area contributed by atoms with E-state index in [-0.39, 0.29) is 5.97 Å². The van der Waals surface area contributed by atoms with Crippen molar-refractivity contribution in [1.29, 1.82) is 0 Å². The summed E-state index contributed by atoms with van der Waals surface area (Å²) in [5.41, 5.74) is 1.70. The lowest BCUT2D eigenvalue weighted by Crippen LogP contribution is -1.98. The number of rotatable bonds is 6. The van der Waals surface area contributed by atoms with Gasteiger partial charge in [-0.3, -0.25) is 0 Å². The fraction of sp³-hybridized carbons (Fsp3) is 0.167. The number of hydrogen-bond acceptors (Lipinski definition) is 3. The van der Waals surface area contributed by atoms with E-state index in [0.717, 1.165) is 11.1 Å². The Kier molecular flexibility index (Phi) is 6.51. The molecule has 2 rings (SSSR count). The van der Waals surface area contributed by atoms with Crippen LogP contribution in [0, 0.1) is 0 Å². The molecule has 0 aliphatic rings. The van der Waals surface area contributed by atoms with Crippen molar-refractivity contribution in [2.45, 2.75) is 13.5 Å². The predicted octanol–water partition coefficient (Wildman–Crippen LogP) is 5.15. The first-order chi connectivity index (χ1) is 11.1. The van der Waals surface area contributed by atoms with Crippen LogP contribution in [0.5, 0.6) is 5.75 Å². The molecule has 0 heterocycles. The smallest absolute Gasteiger partial charge is 0.330 e. The summed E-state index contributed by atoms with van der Waals surface area (Å²) in [5.74, 6) is 0.314. The highest BCUT2D eigenvalue weighted by atomic mass is 35.5. The Labute approximate surface area is 145 Å². The summed E-state index contributed by atoms with van der Waals surface area (Å²) >= 11 is 12.0. The van der Waals surface area contributed by atoms with Crippen LogP contribution in [0.1, 0.15) is 18.1 Å². The van der Waals surface area contributed by atoms with Gasteiger partial charge in [-0.05, 0) is 42.8 Å². The Morgan fingerprint density at radius 2 is 2.00 bits per heavy atom. The van der Waals surface area contributed by atoms with Crippen LogP contribution in [-0.2, 0) is 16.1 Å². The van der Waals surface area contributed by atoms with Crippen molar-refractivity contribution < 1.29 is 14.3 Å². The van der Waals surface area contributed by atoms with Gasteiger partial charge in [-0.2, -0.15) is 0 Å². The molecule has 23 heavy (non-hydrogen) atoms. The molecule has 2 aromatic carbocycles. The second-order valence-electron chi connectivity index (χ2n) is 4.68. The Bertz CT molecular complexity index is 711. The van der Waals surface area contributed by atoms with E-state index in [0.29, 0.717) is 29.0 Å². The van der Waals surface area contributed by atoms with E-state index in [2.05, 4.69) is 0 Å². The molecule has 0 saturated heterocycles. The average Bonchev–Trinajstić information content (AvgIpc) is 2.53. The highest BCUT2D eigenvalue weighted by molar-refractivity contribution is 6.35. The normalized spacial score (nSPS) is 10.7. The number of ether oxygens (including phenoxy) is 2. The fourth-order valence-corrected chi connectivity index (χ4v) is 2.33. The molecular weight excluding hydrogens is 335 g/mol. The molecule has 0 spiro atoms. The zero-order valence-corrected chi connectivity index (χ0v) is 14.1. The minimum atomic E-state index is -0.369. The van der Waals surface area contributed by atoms with Crippen molar-refractivity contribution in [3.63, 3.8) is 0 Å². The maximum atomic E-state index is 11.3. The largest absolute Gasteiger partial charge is 0.489 e. The standard InChI is InChI=1S/C18H16Cl2O3/c1-2-22-18(21)9-6-13-4-3-5-16(10-13)23-12-14-7-8-15(19)11-17(14)20/h3-11H,2,12H2,1H3/b9-6+. The van der Waals surface area contributed by atoms with E-state index in [1.807, 2.05) is 30.3 Å². The van der Waals surface area contributed by atoms with E-state index in [1.165, 1.54) is 6.08 Å². The van der Waals surface area contributed by atoms with Crippen LogP contribution < -0.4 is 4.74 Å². The molecule has 3 nitrogen and oxygen atoms in total. The molecule has 0 aliphatic heterocycles. The van der Waals surface area contributed by atoms with E-state index in [9.17, 15) is 4.79 Å². The molecule has 0 amide bonds. The highest BCUT2D eigenvalue weighted by Crippen LogP contribution is 2.23.